The lowest BCUT2D eigenvalue weighted by molar-refractivity contribution is -0.136. The molecule has 0 aliphatic carbocycles. The van der Waals surface area contributed by atoms with Crippen LogP contribution in [0.3, 0.4) is 0 Å². The van der Waals surface area contributed by atoms with Gasteiger partial charge in [-0.05, 0) is 0 Å². The Bertz CT molecular complexity index is 479. The quantitative estimate of drug-likeness (QED) is 0.820. The molecule has 1 fully saturated rings. The average Bonchev–Trinajstić information content (AvgIpc) is 2.86. The number of carbonyl (C=O) groups excluding carboxylic acids is 2. The Balaban J connectivity index is 1.88. The van der Waals surface area contributed by atoms with Crippen LogP contribution in [0.15, 0.2) is 6.20 Å². The van der Waals surface area contributed by atoms with Crippen molar-refractivity contribution in [2.24, 2.45) is 5.92 Å². The number of carbonyl (C=O) groups is 2. The predicted molar refractivity (Wildman–Crippen MR) is 70.9 cm³/mol. The fourth-order valence-corrected chi connectivity index (χ4v) is 1.75. The van der Waals surface area contributed by atoms with Crippen molar-refractivity contribution < 1.29 is 14.3 Å². The summed E-state index contributed by atoms with van der Waals surface area (Å²) in [5.41, 5.74) is 0. The number of hydrogen-bond acceptors (Lipinski definition) is 5. The molecule has 110 valence electrons. The molecule has 1 N–H and O–H groups in total. The maximum Gasteiger partial charge on any atom is 0.244 e. The molecular weight excluding hydrogens is 262 g/mol. The highest BCUT2D eigenvalue weighted by Gasteiger charge is 2.18. The van der Waals surface area contributed by atoms with Crippen molar-refractivity contribution in [1.82, 2.24) is 19.9 Å². The number of ether oxygens (including phenoxy) is 1. The number of hydrogen-bond donors (Lipinski definition) is 1. The molecule has 0 aromatic carbocycles. The molecule has 0 unspecified atom stereocenters. The molecule has 1 aliphatic rings. The number of anilines is 1. The number of amides is 2. The summed E-state index contributed by atoms with van der Waals surface area (Å²) in [6.07, 6.45) is 1.55. The Kier molecular flexibility index (Phi) is 4.67. The van der Waals surface area contributed by atoms with E-state index in [2.05, 4.69) is 15.6 Å². The Morgan fingerprint density at radius 1 is 1.40 bits per heavy atom. The van der Waals surface area contributed by atoms with Crippen molar-refractivity contribution in [2.75, 3.05) is 31.6 Å². The highest BCUT2D eigenvalue weighted by molar-refractivity contribution is 5.90. The first kappa shape index (κ1) is 14.4. The van der Waals surface area contributed by atoms with Crippen LogP contribution < -0.4 is 5.32 Å². The first-order chi connectivity index (χ1) is 9.56. The fourth-order valence-electron chi connectivity index (χ4n) is 1.75. The molecule has 1 aromatic heterocycles. The smallest absolute Gasteiger partial charge is 0.244 e. The lowest BCUT2D eigenvalue weighted by atomic mass is 10.2. The molecule has 0 saturated carbocycles. The number of aromatic nitrogens is 3. The monoisotopic (exact) mass is 281 g/mol. The van der Waals surface area contributed by atoms with E-state index < -0.39 is 0 Å². The van der Waals surface area contributed by atoms with Gasteiger partial charge in [0.2, 0.25) is 11.8 Å². The summed E-state index contributed by atoms with van der Waals surface area (Å²) >= 11 is 0. The highest BCUT2D eigenvalue weighted by Crippen LogP contribution is 2.05. The summed E-state index contributed by atoms with van der Waals surface area (Å²) in [5, 5.41) is 10.3. The summed E-state index contributed by atoms with van der Waals surface area (Å²) in [5.74, 6) is 0.0742. The van der Waals surface area contributed by atoms with Crippen LogP contribution in [0.1, 0.15) is 13.8 Å². The molecule has 1 aromatic rings. The van der Waals surface area contributed by atoms with Crippen LogP contribution in [0, 0.1) is 5.92 Å². The fraction of sp³-hybridized carbons (Fsp3) is 0.667. The van der Waals surface area contributed by atoms with Gasteiger partial charge in [0.05, 0.1) is 19.4 Å². The maximum absolute atomic E-state index is 12.0. The molecule has 2 rings (SSSR count). The van der Waals surface area contributed by atoms with Crippen LogP contribution in [-0.4, -0.2) is 58.0 Å². The van der Waals surface area contributed by atoms with Crippen LogP contribution in [0.5, 0.6) is 0 Å². The molecule has 0 atom stereocenters. The van der Waals surface area contributed by atoms with E-state index in [0.29, 0.717) is 32.1 Å². The van der Waals surface area contributed by atoms with Crippen molar-refractivity contribution in [2.45, 2.75) is 20.4 Å². The van der Waals surface area contributed by atoms with Crippen molar-refractivity contribution >= 4 is 17.6 Å². The van der Waals surface area contributed by atoms with Crippen molar-refractivity contribution in [3.8, 4) is 0 Å². The normalized spacial score (nSPS) is 15.4. The standard InChI is InChI=1S/C12H19N5O3/c1-9(2)12(19)13-10-7-17(15-14-10)8-11(18)16-3-5-20-6-4-16/h7,9H,3-6,8H2,1-2H3,(H,13,19). The Hall–Kier alpha value is -1.96. The lowest BCUT2D eigenvalue weighted by Crippen LogP contribution is -2.42. The zero-order valence-corrected chi connectivity index (χ0v) is 11.7. The van der Waals surface area contributed by atoms with Crippen LogP contribution >= 0.6 is 0 Å². The third-order valence-electron chi connectivity index (χ3n) is 2.98. The van der Waals surface area contributed by atoms with Crippen LogP contribution in [0.25, 0.3) is 0 Å². The van der Waals surface area contributed by atoms with Crippen molar-refractivity contribution in [1.29, 1.82) is 0 Å². The van der Waals surface area contributed by atoms with Gasteiger partial charge in [0.15, 0.2) is 5.82 Å². The second kappa shape index (κ2) is 6.47. The van der Waals surface area contributed by atoms with E-state index in [4.69, 9.17) is 4.74 Å². The van der Waals surface area contributed by atoms with Gasteiger partial charge in [0.1, 0.15) is 6.54 Å². The van der Waals surface area contributed by atoms with Gasteiger partial charge in [0, 0.05) is 19.0 Å². The molecule has 0 bridgehead atoms. The zero-order chi connectivity index (χ0) is 14.5. The Morgan fingerprint density at radius 2 is 2.10 bits per heavy atom. The molecular formula is C12H19N5O3. The van der Waals surface area contributed by atoms with Gasteiger partial charge >= 0.3 is 0 Å². The van der Waals surface area contributed by atoms with E-state index in [0.717, 1.165) is 0 Å². The zero-order valence-electron chi connectivity index (χ0n) is 11.7. The van der Waals surface area contributed by atoms with Crippen molar-refractivity contribution in [3.05, 3.63) is 6.20 Å². The van der Waals surface area contributed by atoms with E-state index in [-0.39, 0.29) is 24.3 Å². The molecule has 8 nitrogen and oxygen atoms in total. The van der Waals surface area contributed by atoms with Crippen LogP contribution in [0.2, 0.25) is 0 Å². The largest absolute Gasteiger partial charge is 0.378 e. The average molecular weight is 281 g/mol. The third kappa shape index (κ3) is 3.77. The van der Waals surface area contributed by atoms with Crippen LogP contribution in [-0.2, 0) is 20.9 Å². The second-order valence-corrected chi connectivity index (χ2v) is 4.94. The highest BCUT2D eigenvalue weighted by atomic mass is 16.5. The van der Waals surface area contributed by atoms with Crippen LogP contribution in [0.4, 0.5) is 5.82 Å². The number of nitrogens with zero attached hydrogens (tertiary/aromatic N) is 4. The Labute approximate surface area is 117 Å². The van der Waals surface area contributed by atoms with E-state index in [1.54, 1.807) is 24.9 Å². The van der Waals surface area contributed by atoms with Crippen molar-refractivity contribution in [3.63, 3.8) is 0 Å². The minimum absolute atomic E-state index is 0.0278. The molecule has 1 aliphatic heterocycles. The maximum atomic E-state index is 12.0. The summed E-state index contributed by atoms with van der Waals surface area (Å²) in [4.78, 5) is 25.2. The lowest BCUT2D eigenvalue weighted by Gasteiger charge is -2.26. The van der Waals surface area contributed by atoms with E-state index in [1.807, 2.05) is 0 Å². The summed E-state index contributed by atoms with van der Waals surface area (Å²) in [7, 11) is 0. The van der Waals surface area contributed by atoms with Gasteiger partial charge in [-0.3, -0.25) is 9.59 Å². The van der Waals surface area contributed by atoms with Gasteiger partial charge in [-0.1, -0.05) is 19.1 Å². The topological polar surface area (TPSA) is 89.4 Å². The SMILES string of the molecule is CC(C)C(=O)Nc1cn(CC(=O)N2CCOCC2)nn1. The van der Waals surface area contributed by atoms with Gasteiger partial charge in [-0.15, -0.1) is 5.10 Å². The molecule has 2 amide bonds. The summed E-state index contributed by atoms with van der Waals surface area (Å²) < 4.78 is 6.62. The first-order valence-corrected chi connectivity index (χ1v) is 6.63. The second-order valence-electron chi connectivity index (χ2n) is 4.94. The minimum atomic E-state index is -0.130. The Morgan fingerprint density at radius 3 is 2.75 bits per heavy atom. The minimum Gasteiger partial charge on any atom is -0.378 e. The van der Waals surface area contributed by atoms with Gasteiger partial charge in [-0.25, -0.2) is 4.68 Å². The van der Waals surface area contributed by atoms with E-state index in [9.17, 15) is 9.59 Å². The summed E-state index contributed by atoms with van der Waals surface area (Å²) in [6, 6.07) is 0. The molecule has 0 spiro atoms. The number of rotatable bonds is 4. The van der Waals surface area contributed by atoms with E-state index >= 15 is 0 Å². The van der Waals surface area contributed by atoms with E-state index in [1.165, 1.54) is 4.68 Å². The third-order valence-corrected chi connectivity index (χ3v) is 2.98. The predicted octanol–water partition coefficient (Wildman–Crippen LogP) is -0.269. The molecule has 1 saturated heterocycles. The number of nitrogens with one attached hydrogen (secondary N) is 1. The van der Waals surface area contributed by atoms with Gasteiger partial charge < -0.3 is 15.0 Å². The number of morpholine rings is 1. The molecule has 0 radical (unpaired) electrons. The molecule has 2 heterocycles. The van der Waals surface area contributed by atoms with Gasteiger partial charge in [-0.2, -0.15) is 0 Å². The molecule has 20 heavy (non-hydrogen) atoms. The first-order valence-electron chi connectivity index (χ1n) is 6.63. The summed E-state index contributed by atoms with van der Waals surface area (Å²) in [6.45, 7) is 6.04. The molecule has 8 heteroatoms. The van der Waals surface area contributed by atoms with Gasteiger partial charge in [0.25, 0.3) is 0 Å².